The molecule has 0 amide bonds. The highest BCUT2D eigenvalue weighted by Crippen LogP contribution is 2.03. The van der Waals surface area contributed by atoms with Crippen LogP contribution >= 0.6 is 0 Å². The molecule has 0 aromatic carbocycles. The van der Waals surface area contributed by atoms with E-state index in [1.54, 1.807) is 24.0 Å². The van der Waals surface area contributed by atoms with Gasteiger partial charge in [-0.25, -0.2) is 18.1 Å². The highest BCUT2D eigenvalue weighted by molar-refractivity contribution is 7.89. The number of aromatic nitrogens is 4. The first kappa shape index (κ1) is 10.8. The molecule has 2 aromatic heterocycles. The van der Waals surface area contributed by atoms with Gasteiger partial charge in [-0.15, -0.1) is 0 Å². The molecule has 8 heteroatoms. The van der Waals surface area contributed by atoms with Crippen molar-refractivity contribution >= 4 is 10.0 Å². The monoisotopic (exact) mass is 241 g/mol. The van der Waals surface area contributed by atoms with Gasteiger partial charge in [-0.05, 0) is 6.07 Å². The minimum absolute atomic E-state index is 0.0448. The number of sulfonamides is 1. The zero-order valence-corrected chi connectivity index (χ0v) is 9.40. The normalized spacial score (nSPS) is 11.8. The second-order valence-corrected chi connectivity index (χ2v) is 4.96. The van der Waals surface area contributed by atoms with Crippen LogP contribution in [0.15, 0.2) is 29.8 Å². The SMILES string of the molecule is Cn1ccc(CNS(=O)(=O)c2cnc[nH]2)n1. The molecule has 0 saturated carbocycles. The van der Waals surface area contributed by atoms with E-state index in [2.05, 4.69) is 19.8 Å². The summed E-state index contributed by atoms with van der Waals surface area (Å²) in [5.41, 5.74) is 0.658. The fraction of sp³-hybridized carbons (Fsp3) is 0.250. The number of hydrogen-bond acceptors (Lipinski definition) is 4. The van der Waals surface area contributed by atoms with Crippen molar-refractivity contribution in [2.45, 2.75) is 11.6 Å². The van der Waals surface area contributed by atoms with Gasteiger partial charge in [0.2, 0.25) is 0 Å². The Morgan fingerprint density at radius 1 is 1.56 bits per heavy atom. The molecular formula is C8H11N5O2S. The van der Waals surface area contributed by atoms with Gasteiger partial charge >= 0.3 is 0 Å². The van der Waals surface area contributed by atoms with Gasteiger partial charge < -0.3 is 4.98 Å². The summed E-state index contributed by atoms with van der Waals surface area (Å²) in [6.45, 7) is 0.155. The van der Waals surface area contributed by atoms with Crippen molar-refractivity contribution < 1.29 is 8.42 Å². The lowest BCUT2D eigenvalue weighted by atomic mass is 10.4. The summed E-state index contributed by atoms with van der Waals surface area (Å²) in [5.74, 6) is 0. The molecule has 0 fully saturated rings. The van der Waals surface area contributed by atoms with E-state index >= 15 is 0 Å². The van der Waals surface area contributed by atoms with Crippen molar-refractivity contribution in [3.8, 4) is 0 Å². The Morgan fingerprint density at radius 3 is 2.94 bits per heavy atom. The second-order valence-electron chi connectivity index (χ2n) is 3.22. The fourth-order valence-corrected chi connectivity index (χ4v) is 2.10. The minimum Gasteiger partial charge on any atom is -0.335 e. The standard InChI is InChI=1S/C8H11N5O2S/c1-13-3-2-7(12-13)4-11-16(14,15)8-5-9-6-10-8/h2-3,5-6,11H,4H2,1H3,(H,9,10). The first-order valence-electron chi connectivity index (χ1n) is 4.54. The molecule has 0 aliphatic heterocycles. The molecule has 0 bridgehead atoms. The topological polar surface area (TPSA) is 92.7 Å². The van der Waals surface area contributed by atoms with E-state index < -0.39 is 10.0 Å². The summed E-state index contributed by atoms with van der Waals surface area (Å²) in [6, 6.07) is 1.75. The van der Waals surface area contributed by atoms with Crippen LogP contribution in [0.2, 0.25) is 0 Å². The molecular weight excluding hydrogens is 230 g/mol. The van der Waals surface area contributed by atoms with Gasteiger partial charge in [-0.3, -0.25) is 4.68 Å². The summed E-state index contributed by atoms with van der Waals surface area (Å²) in [6.07, 6.45) is 4.32. The van der Waals surface area contributed by atoms with Crippen molar-refractivity contribution in [3.05, 3.63) is 30.5 Å². The summed E-state index contributed by atoms with van der Waals surface area (Å²) in [7, 11) is -1.75. The fourth-order valence-electron chi connectivity index (χ4n) is 1.19. The van der Waals surface area contributed by atoms with Gasteiger partial charge in [0.1, 0.15) is 0 Å². The van der Waals surface area contributed by atoms with Crippen molar-refractivity contribution in [1.82, 2.24) is 24.5 Å². The molecule has 2 N–H and O–H groups in total. The van der Waals surface area contributed by atoms with Gasteiger partial charge in [0.15, 0.2) is 5.03 Å². The Kier molecular flexibility index (Phi) is 2.75. The maximum atomic E-state index is 11.7. The van der Waals surface area contributed by atoms with E-state index in [-0.39, 0.29) is 11.6 Å². The number of hydrogen-bond donors (Lipinski definition) is 2. The zero-order valence-electron chi connectivity index (χ0n) is 8.58. The van der Waals surface area contributed by atoms with Crippen LogP contribution in [-0.4, -0.2) is 28.2 Å². The van der Waals surface area contributed by atoms with Crippen molar-refractivity contribution in [1.29, 1.82) is 0 Å². The average Bonchev–Trinajstić information content (AvgIpc) is 2.85. The maximum Gasteiger partial charge on any atom is 0.257 e. The summed E-state index contributed by atoms with van der Waals surface area (Å²) < 4.78 is 27.3. The van der Waals surface area contributed by atoms with E-state index in [0.29, 0.717) is 5.69 Å². The van der Waals surface area contributed by atoms with Gasteiger partial charge in [-0.2, -0.15) is 5.10 Å². The van der Waals surface area contributed by atoms with Crippen LogP contribution in [0.5, 0.6) is 0 Å². The van der Waals surface area contributed by atoms with Crippen molar-refractivity contribution in [2.24, 2.45) is 7.05 Å². The van der Waals surface area contributed by atoms with Crippen molar-refractivity contribution in [3.63, 3.8) is 0 Å². The molecule has 0 spiro atoms. The third-order valence-electron chi connectivity index (χ3n) is 1.97. The van der Waals surface area contributed by atoms with E-state index in [9.17, 15) is 8.42 Å². The highest BCUT2D eigenvalue weighted by atomic mass is 32.2. The molecule has 0 aliphatic rings. The zero-order chi connectivity index (χ0) is 11.6. The van der Waals surface area contributed by atoms with E-state index in [0.717, 1.165) is 0 Å². The van der Waals surface area contributed by atoms with Crippen LogP contribution in [0.3, 0.4) is 0 Å². The van der Waals surface area contributed by atoms with E-state index in [1.165, 1.54) is 12.5 Å². The number of nitrogens with zero attached hydrogens (tertiary/aromatic N) is 3. The molecule has 0 aliphatic carbocycles. The number of nitrogens with one attached hydrogen (secondary N) is 2. The summed E-state index contributed by atoms with van der Waals surface area (Å²) in [5, 5.41) is 4.10. The lowest BCUT2D eigenvalue weighted by Crippen LogP contribution is -2.23. The second kappa shape index (κ2) is 4.06. The lowest BCUT2D eigenvalue weighted by Gasteiger charge is -2.01. The Balaban J connectivity index is 2.06. The van der Waals surface area contributed by atoms with Gasteiger partial charge in [0.05, 0.1) is 24.8 Å². The van der Waals surface area contributed by atoms with Gasteiger partial charge in [-0.1, -0.05) is 0 Å². The first-order chi connectivity index (χ1) is 7.58. The lowest BCUT2D eigenvalue weighted by molar-refractivity contribution is 0.576. The van der Waals surface area contributed by atoms with E-state index in [1.807, 2.05) is 0 Å². The quantitative estimate of drug-likeness (QED) is 0.763. The third-order valence-corrected chi connectivity index (χ3v) is 3.30. The van der Waals surface area contributed by atoms with Gasteiger partial charge in [0.25, 0.3) is 10.0 Å². The molecule has 86 valence electrons. The summed E-state index contributed by atoms with van der Waals surface area (Å²) >= 11 is 0. The molecule has 2 aromatic rings. The Labute approximate surface area is 92.6 Å². The average molecular weight is 241 g/mol. The molecule has 2 rings (SSSR count). The predicted octanol–water partition coefficient (Wildman–Crippen LogP) is -0.378. The Morgan fingerprint density at radius 2 is 2.38 bits per heavy atom. The number of aryl methyl sites for hydroxylation is 1. The summed E-state index contributed by atoms with van der Waals surface area (Å²) in [4.78, 5) is 6.18. The van der Waals surface area contributed by atoms with Crippen molar-refractivity contribution in [2.75, 3.05) is 0 Å². The molecule has 0 radical (unpaired) electrons. The number of rotatable bonds is 4. The molecule has 2 heterocycles. The number of imidazole rings is 1. The molecule has 7 nitrogen and oxygen atoms in total. The van der Waals surface area contributed by atoms with Crippen LogP contribution in [0.1, 0.15) is 5.69 Å². The molecule has 16 heavy (non-hydrogen) atoms. The Bertz CT molecular complexity index is 557. The third kappa shape index (κ3) is 2.28. The van der Waals surface area contributed by atoms with Crippen LogP contribution < -0.4 is 4.72 Å². The maximum absolute atomic E-state index is 11.7. The Hall–Kier alpha value is -1.67. The van der Waals surface area contributed by atoms with Crippen LogP contribution in [0, 0.1) is 0 Å². The highest BCUT2D eigenvalue weighted by Gasteiger charge is 2.15. The molecule has 0 unspecified atom stereocenters. The van der Waals surface area contributed by atoms with Gasteiger partial charge in [0, 0.05) is 13.2 Å². The predicted molar refractivity (Wildman–Crippen MR) is 55.8 cm³/mol. The number of aromatic amines is 1. The van der Waals surface area contributed by atoms with Crippen LogP contribution in [0.25, 0.3) is 0 Å². The van der Waals surface area contributed by atoms with E-state index in [4.69, 9.17) is 0 Å². The van der Waals surface area contributed by atoms with Crippen LogP contribution in [0.4, 0.5) is 0 Å². The first-order valence-corrected chi connectivity index (χ1v) is 6.03. The molecule has 0 atom stereocenters. The largest absolute Gasteiger partial charge is 0.335 e. The molecule has 0 saturated heterocycles. The minimum atomic E-state index is -3.52. The smallest absolute Gasteiger partial charge is 0.257 e. The van der Waals surface area contributed by atoms with Crippen LogP contribution in [-0.2, 0) is 23.6 Å². The number of H-pyrrole nitrogens is 1.